The third kappa shape index (κ3) is 7.50. The van der Waals surface area contributed by atoms with Crippen LogP contribution in [0.2, 0.25) is 0 Å². The van der Waals surface area contributed by atoms with Gasteiger partial charge >= 0.3 is 0 Å². The number of benzene rings is 2. The molecule has 0 spiro atoms. The molecule has 0 saturated carbocycles. The zero-order valence-corrected chi connectivity index (χ0v) is 24.3. The van der Waals surface area contributed by atoms with E-state index in [2.05, 4.69) is 43.7 Å². The van der Waals surface area contributed by atoms with Crippen LogP contribution in [0, 0.1) is 5.92 Å². The van der Waals surface area contributed by atoms with Gasteiger partial charge in [-0.2, -0.15) is 0 Å². The molecule has 5 rings (SSSR count). The Kier molecular flexibility index (Phi) is 9.44. The normalized spacial score (nSPS) is 16.7. The Bertz CT molecular complexity index is 1500. The summed E-state index contributed by atoms with van der Waals surface area (Å²) >= 11 is 0. The average molecular weight is 566 g/mol. The highest BCUT2D eigenvalue weighted by atomic mass is 16.2. The number of nitrogens with one attached hydrogen (secondary N) is 3. The van der Waals surface area contributed by atoms with Gasteiger partial charge in [0.2, 0.25) is 5.91 Å². The minimum absolute atomic E-state index is 0.00771. The fourth-order valence-electron chi connectivity index (χ4n) is 5.55. The van der Waals surface area contributed by atoms with Gasteiger partial charge in [0, 0.05) is 29.2 Å². The number of likely N-dealkylation sites (tertiary alicyclic amines) is 1. The lowest BCUT2D eigenvalue weighted by Gasteiger charge is -2.23. The summed E-state index contributed by atoms with van der Waals surface area (Å²) in [7, 11) is 0. The van der Waals surface area contributed by atoms with Gasteiger partial charge in [-0.15, -0.1) is 0 Å². The zero-order valence-electron chi connectivity index (χ0n) is 24.3. The van der Waals surface area contributed by atoms with Gasteiger partial charge in [0.25, 0.3) is 5.91 Å². The summed E-state index contributed by atoms with van der Waals surface area (Å²) in [4.78, 5) is 49.4. The van der Waals surface area contributed by atoms with Crippen molar-refractivity contribution in [3.63, 3.8) is 0 Å². The Morgan fingerprint density at radius 1 is 1.05 bits per heavy atom. The number of fused-ring (bicyclic) bond motifs is 1. The van der Waals surface area contributed by atoms with Gasteiger partial charge in [-0.1, -0.05) is 56.3 Å². The van der Waals surface area contributed by atoms with Crippen LogP contribution in [0.4, 0.5) is 0 Å². The van der Waals surface area contributed by atoms with Crippen molar-refractivity contribution in [1.29, 1.82) is 0 Å². The molecule has 0 aliphatic carbocycles. The number of hydrogen-bond donors (Lipinski definition) is 3. The van der Waals surface area contributed by atoms with Crippen LogP contribution in [0.5, 0.6) is 0 Å². The van der Waals surface area contributed by atoms with Gasteiger partial charge in [0.05, 0.1) is 18.3 Å². The number of ketones is 1. The first-order valence-corrected chi connectivity index (χ1v) is 14.8. The number of hydrogen-bond acceptors (Lipinski definition) is 5. The van der Waals surface area contributed by atoms with Crippen LogP contribution >= 0.6 is 0 Å². The van der Waals surface area contributed by atoms with E-state index in [1.807, 2.05) is 62.4 Å². The van der Waals surface area contributed by atoms with Crippen molar-refractivity contribution in [1.82, 2.24) is 25.5 Å². The molecule has 2 amide bonds. The molecule has 4 aromatic rings. The summed E-state index contributed by atoms with van der Waals surface area (Å²) in [6, 6.07) is 22.4. The second kappa shape index (κ2) is 13.6. The number of H-pyrrole nitrogens is 1. The molecular formula is C34H39N5O3. The van der Waals surface area contributed by atoms with Crippen LogP contribution in [0.25, 0.3) is 22.2 Å². The molecule has 3 heterocycles. The first kappa shape index (κ1) is 29.2. The lowest BCUT2D eigenvalue weighted by molar-refractivity contribution is -0.129. The average Bonchev–Trinajstić information content (AvgIpc) is 3.36. The number of para-hydroxylation sites is 1. The molecule has 2 aromatic carbocycles. The lowest BCUT2D eigenvalue weighted by atomic mass is 10.0. The molecule has 2 aromatic heterocycles. The number of carbonyl (C=O) groups excluding carboxylic acids is 3. The molecule has 8 nitrogen and oxygen atoms in total. The SMILES string of the molecule is CC(C)C[C@H](NC(=O)c1cc2ccccc2[nH]1)C(=O)NC1CCCN(CCc2cccc(-c3ccccn3)c2)CC1=O. The number of Topliss-reactive ketones (excluding diaryl/α,β-unsaturated/α-hetero) is 1. The van der Waals surface area contributed by atoms with Crippen molar-refractivity contribution in [2.24, 2.45) is 5.92 Å². The summed E-state index contributed by atoms with van der Waals surface area (Å²) in [5.41, 5.74) is 4.49. The maximum absolute atomic E-state index is 13.4. The summed E-state index contributed by atoms with van der Waals surface area (Å²) < 4.78 is 0. The van der Waals surface area contributed by atoms with E-state index < -0.39 is 12.1 Å². The summed E-state index contributed by atoms with van der Waals surface area (Å²) in [5.74, 6) is -0.461. The van der Waals surface area contributed by atoms with Crippen molar-refractivity contribution in [3.05, 3.63) is 90.3 Å². The molecule has 8 heteroatoms. The molecule has 1 fully saturated rings. The number of aromatic nitrogens is 2. The highest BCUT2D eigenvalue weighted by molar-refractivity contribution is 6.00. The van der Waals surface area contributed by atoms with E-state index in [1.54, 1.807) is 12.3 Å². The molecule has 0 bridgehead atoms. The summed E-state index contributed by atoms with van der Waals surface area (Å²) in [6.07, 6.45) is 4.48. The van der Waals surface area contributed by atoms with Gasteiger partial charge in [-0.05, 0) is 74.0 Å². The number of rotatable bonds is 10. The van der Waals surface area contributed by atoms with Crippen LogP contribution < -0.4 is 10.6 Å². The molecular weight excluding hydrogens is 526 g/mol. The molecule has 42 heavy (non-hydrogen) atoms. The second-order valence-corrected chi connectivity index (χ2v) is 11.5. The second-order valence-electron chi connectivity index (χ2n) is 11.5. The van der Waals surface area contributed by atoms with Gasteiger partial charge in [0.15, 0.2) is 5.78 Å². The highest BCUT2D eigenvalue weighted by Crippen LogP contribution is 2.19. The van der Waals surface area contributed by atoms with Crippen molar-refractivity contribution in [2.45, 2.75) is 51.6 Å². The van der Waals surface area contributed by atoms with E-state index in [0.29, 0.717) is 25.1 Å². The van der Waals surface area contributed by atoms with Crippen LogP contribution in [-0.4, -0.2) is 64.2 Å². The number of carbonyl (C=O) groups is 3. The molecule has 3 N–H and O–H groups in total. The Labute approximate surface area is 246 Å². The van der Waals surface area contributed by atoms with Crippen molar-refractivity contribution >= 4 is 28.5 Å². The van der Waals surface area contributed by atoms with Gasteiger partial charge < -0.3 is 15.6 Å². The monoisotopic (exact) mass is 565 g/mol. The standard InChI is InChI=1S/C34H39N5O3/c1-23(2)19-30(38-34(42)31-21-26-10-3-4-13-28(26)36-31)33(41)37-29-14-8-17-39(22-32(29)40)18-15-24-9-7-11-25(20-24)27-12-5-6-16-35-27/h3-7,9-13,16,20-21,23,29-30,36H,8,14-15,17-19,22H2,1-2H3,(H,37,41)(H,38,42)/t29?,30-/m0/s1. The topological polar surface area (TPSA) is 107 Å². The first-order valence-electron chi connectivity index (χ1n) is 14.8. The molecule has 2 atom stereocenters. The third-order valence-electron chi connectivity index (χ3n) is 7.76. The molecule has 1 saturated heterocycles. The minimum atomic E-state index is -0.734. The number of aromatic amines is 1. The zero-order chi connectivity index (χ0) is 29.5. The largest absolute Gasteiger partial charge is 0.351 e. The Morgan fingerprint density at radius 2 is 1.88 bits per heavy atom. The Balaban J connectivity index is 1.17. The number of amides is 2. The highest BCUT2D eigenvalue weighted by Gasteiger charge is 2.30. The lowest BCUT2D eigenvalue weighted by Crippen LogP contribution is -2.52. The van der Waals surface area contributed by atoms with E-state index in [0.717, 1.165) is 48.1 Å². The minimum Gasteiger partial charge on any atom is -0.351 e. The molecule has 1 aliphatic rings. The van der Waals surface area contributed by atoms with Crippen molar-refractivity contribution in [3.8, 4) is 11.3 Å². The van der Waals surface area contributed by atoms with Crippen LogP contribution in [-0.2, 0) is 16.0 Å². The number of nitrogens with zero attached hydrogens (tertiary/aromatic N) is 2. The maximum atomic E-state index is 13.4. The Morgan fingerprint density at radius 3 is 2.67 bits per heavy atom. The molecule has 218 valence electrons. The van der Waals surface area contributed by atoms with Crippen LogP contribution in [0.15, 0.2) is 79.0 Å². The Hall–Kier alpha value is -4.30. The predicted molar refractivity (Wildman–Crippen MR) is 165 cm³/mol. The number of pyridine rings is 1. The smallest absolute Gasteiger partial charge is 0.268 e. The van der Waals surface area contributed by atoms with Crippen LogP contribution in [0.3, 0.4) is 0 Å². The fourth-order valence-corrected chi connectivity index (χ4v) is 5.55. The molecule has 1 aliphatic heterocycles. The van der Waals surface area contributed by atoms with E-state index in [4.69, 9.17) is 0 Å². The fraction of sp³-hybridized carbons (Fsp3) is 0.353. The van der Waals surface area contributed by atoms with Crippen molar-refractivity contribution < 1.29 is 14.4 Å². The molecule has 0 radical (unpaired) electrons. The van der Waals surface area contributed by atoms with Crippen LogP contribution in [0.1, 0.15) is 49.2 Å². The quantitative estimate of drug-likeness (QED) is 0.257. The summed E-state index contributed by atoms with van der Waals surface area (Å²) in [5, 5.41) is 6.80. The first-order chi connectivity index (χ1) is 20.4. The molecule has 1 unspecified atom stereocenters. The van der Waals surface area contributed by atoms with Crippen molar-refractivity contribution in [2.75, 3.05) is 19.6 Å². The van der Waals surface area contributed by atoms with Gasteiger partial charge in [-0.3, -0.25) is 24.3 Å². The van der Waals surface area contributed by atoms with Gasteiger partial charge in [-0.25, -0.2) is 0 Å². The van der Waals surface area contributed by atoms with E-state index in [9.17, 15) is 14.4 Å². The van der Waals surface area contributed by atoms with E-state index in [-0.39, 0.29) is 23.5 Å². The summed E-state index contributed by atoms with van der Waals surface area (Å²) in [6.45, 7) is 5.87. The maximum Gasteiger partial charge on any atom is 0.268 e. The van der Waals surface area contributed by atoms with E-state index >= 15 is 0 Å². The predicted octanol–water partition coefficient (Wildman–Crippen LogP) is 4.77. The van der Waals surface area contributed by atoms with E-state index in [1.165, 1.54) is 5.56 Å². The van der Waals surface area contributed by atoms with Gasteiger partial charge in [0.1, 0.15) is 11.7 Å². The third-order valence-corrected chi connectivity index (χ3v) is 7.76.